The van der Waals surface area contributed by atoms with Crippen LogP contribution in [-0.2, 0) is 9.53 Å². The van der Waals surface area contributed by atoms with E-state index in [1.54, 1.807) is 0 Å². The van der Waals surface area contributed by atoms with Crippen molar-refractivity contribution >= 4 is 62.4 Å². The number of pyridine rings is 1. The quantitative estimate of drug-likeness (QED) is 0.319. The average molecular weight is 439 g/mol. The van der Waals surface area contributed by atoms with Crippen molar-refractivity contribution < 1.29 is 14.3 Å². The van der Waals surface area contributed by atoms with Crippen LogP contribution in [0.25, 0.3) is 21.5 Å². The summed E-state index contributed by atoms with van der Waals surface area (Å²) in [5.41, 5.74) is 0.422. The fraction of sp³-hybridized carbons (Fsp3) is 0.0870. The van der Waals surface area contributed by atoms with Crippen LogP contribution in [-0.4, -0.2) is 23.0 Å². The number of ether oxygens (including phenoxy) is 1. The lowest BCUT2D eigenvalue weighted by Gasteiger charge is -2.16. The van der Waals surface area contributed by atoms with E-state index in [1.807, 2.05) is 54.6 Å². The molecule has 4 aromatic rings. The Bertz CT molecular complexity index is 1240. The van der Waals surface area contributed by atoms with Gasteiger partial charge in [0.15, 0.2) is 11.9 Å². The molecule has 0 aliphatic heterocycles. The van der Waals surface area contributed by atoms with Gasteiger partial charge in [-0.15, -0.1) is 0 Å². The first-order valence-corrected chi connectivity index (χ1v) is 9.93. The summed E-state index contributed by atoms with van der Waals surface area (Å²) in [5, 5.41) is 6.44. The minimum atomic E-state index is -1.07. The van der Waals surface area contributed by atoms with Gasteiger partial charge in [0, 0.05) is 6.20 Å². The fourth-order valence-corrected chi connectivity index (χ4v) is 3.66. The van der Waals surface area contributed by atoms with Gasteiger partial charge in [0.2, 0.25) is 0 Å². The Morgan fingerprint density at radius 2 is 1.57 bits per heavy atom. The number of rotatable bonds is 4. The summed E-state index contributed by atoms with van der Waals surface area (Å²) in [6, 6.07) is 18.6. The molecule has 0 spiro atoms. The van der Waals surface area contributed by atoms with Crippen molar-refractivity contribution in [3.8, 4) is 0 Å². The summed E-state index contributed by atoms with van der Waals surface area (Å²) < 4.78 is 5.50. The number of amides is 1. The number of fused-ring (bicyclic) bond motifs is 2. The lowest BCUT2D eigenvalue weighted by Crippen LogP contribution is -2.30. The lowest BCUT2D eigenvalue weighted by molar-refractivity contribution is -0.123. The molecule has 0 aliphatic rings. The van der Waals surface area contributed by atoms with Gasteiger partial charge in [0.1, 0.15) is 0 Å². The average Bonchev–Trinajstić information content (AvgIpc) is 2.73. The second-order valence-corrected chi connectivity index (χ2v) is 7.56. The van der Waals surface area contributed by atoms with Crippen molar-refractivity contribution in [2.45, 2.75) is 13.0 Å². The van der Waals surface area contributed by atoms with Gasteiger partial charge in [-0.25, -0.2) is 9.78 Å². The van der Waals surface area contributed by atoms with Gasteiger partial charge >= 0.3 is 5.97 Å². The molecular weight excluding hydrogens is 423 g/mol. The number of hydrogen-bond donors (Lipinski definition) is 1. The van der Waals surface area contributed by atoms with Crippen LogP contribution in [0, 0.1) is 0 Å². The number of aromatic nitrogens is 1. The first-order valence-electron chi connectivity index (χ1n) is 9.17. The minimum absolute atomic E-state index is 0.143. The number of hydrogen-bond acceptors (Lipinski definition) is 4. The number of benzene rings is 3. The summed E-state index contributed by atoms with van der Waals surface area (Å²) in [7, 11) is 0. The van der Waals surface area contributed by atoms with Crippen LogP contribution in [0.2, 0.25) is 10.0 Å². The van der Waals surface area contributed by atoms with Gasteiger partial charge in [-0.05, 0) is 40.6 Å². The van der Waals surface area contributed by atoms with E-state index >= 15 is 0 Å². The highest BCUT2D eigenvalue weighted by molar-refractivity contribution is 6.36. The molecule has 1 N–H and O–H groups in total. The molecule has 1 amide bonds. The van der Waals surface area contributed by atoms with Gasteiger partial charge in [-0.1, -0.05) is 71.7 Å². The molecule has 1 aromatic heterocycles. The Balaban J connectivity index is 1.63. The topological polar surface area (TPSA) is 68.3 Å². The molecule has 1 unspecified atom stereocenters. The second kappa shape index (κ2) is 8.30. The third-order valence-electron chi connectivity index (χ3n) is 4.68. The van der Waals surface area contributed by atoms with Gasteiger partial charge in [-0.3, -0.25) is 4.79 Å². The Kier molecular flexibility index (Phi) is 5.57. The molecule has 0 radical (unpaired) electrons. The second-order valence-electron chi connectivity index (χ2n) is 6.71. The van der Waals surface area contributed by atoms with Crippen LogP contribution < -0.4 is 5.32 Å². The van der Waals surface area contributed by atoms with Crippen LogP contribution in [0.15, 0.2) is 66.9 Å². The lowest BCUT2D eigenvalue weighted by atomic mass is 9.97. The van der Waals surface area contributed by atoms with E-state index < -0.39 is 18.0 Å². The van der Waals surface area contributed by atoms with Crippen molar-refractivity contribution in [3.05, 3.63) is 82.5 Å². The fourth-order valence-electron chi connectivity index (χ4n) is 3.23. The predicted octanol–water partition coefficient (Wildman–Crippen LogP) is 5.88. The molecule has 4 rings (SSSR count). The molecule has 3 aromatic carbocycles. The summed E-state index contributed by atoms with van der Waals surface area (Å²) in [6.45, 7) is 1.49. The summed E-state index contributed by atoms with van der Waals surface area (Å²) in [5.74, 6) is -0.991. The summed E-state index contributed by atoms with van der Waals surface area (Å²) >= 11 is 11.9. The van der Waals surface area contributed by atoms with E-state index in [0.29, 0.717) is 10.6 Å². The number of nitrogens with one attached hydrogen (secondary N) is 1. The molecule has 0 bridgehead atoms. The molecule has 0 saturated heterocycles. The number of halogens is 2. The molecule has 30 heavy (non-hydrogen) atoms. The van der Waals surface area contributed by atoms with Crippen LogP contribution in [0.3, 0.4) is 0 Å². The first kappa shape index (κ1) is 20.1. The highest BCUT2D eigenvalue weighted by Gasteiger charge is 2.23. The van der Waals surface area contributed by atoms with E-state index in [9.17, 15) is 9.59 Å². The maximum atomic E-state index is 13.1. The number of nitrogens with zero attached hydrogens (tertiary/aromatic N) is 1. The largest absolute Gasteiger partial charge is 0.449 e. The van der Waals surface area contributed by atoms with Crippen LogP contribution in [0.5, 0.6) is 0 Å². The van der Waals surface area contributed by atoms with Crippen molar-refractivity contribution in [2.75, 3.05) is 5.32 Å². The van der Waals surface area contributed by atoms with Crippen LogP contribution in [0.4, 0.5) is 5.82 Å². The van der Waals surface area contributed by atoms with Crippen molar-refractivity contribution in [3.63, 3.8) is 0 Å². The molecule has 1 atom stereocenters. The molecule has 0 aliphatic carbocycles. The molecule has 1 heterocycles. The number of esters is 1. The maximum absolute atomic E-state index is 13.1. The SMILES string of the molecule is CC(OC(=O)c1c2ccccc2cc2ccccc12)C(=O)Nc1ncc(Cl)cc1Cl. The van der Waals surface area contributed by atoms with Crippen molar-refractivity contribution in [1.82, 2.24) is 4.98 Å². The Hall–Kier alpha value is -3.15. The third kappa shape index (κ3) is 3.95. The van der Waals surface area contributed by atoms with Gasteiger partial charge in [0.05, 0.1) is 15.6 Å². The van der Waals surface area contributed by atoms with E-state index in [1.165, 1.54) is 19.2 Å². The Labute approximate surface area is 182 Å². The molecule has 5 nitrogen and oxygen atoms in total. The first-order chi connectivity index (χ1) is 14.4. The number of carbonyl (C=O) groups excluding carboxylic acids is 2. The van der Waals surface area contributed by atoms with E-state index in [-0.39, 0.29) is 10.8 Å². The Morgan fingerprint density at radius 3 is 2.17 bits per heavy atom. The van der Waals surface area contributed by atoms with E-state index in [0.717, 1.165) is 21.5 Å². The molecule has 0 saturated carbocycles. The van der Waals surface area contributed by atoms with Crippen molar-refractivity contribution in [1.29, 1.82) is 0 Å². The van der Waals surface area contributed by atoms with Crippen molar-refractivity contribution in [2.24, 2.45) is 0 Å². The van der Waals surface area contributed by atoms with Gasteiger partial charge in [-0.2, -0.15) is 0 Å². The van der Waals surface area contributed by atoms with E-state index in [4.69, 9.17) is 27.9 Å². The summed E-state index contributed by atoms with van der Waals surface area (Å²) in [4.78, 5) is 29.6. The molecular formula is C23H16Cl2N2O3. The zero-order valence-corrected chi connectivity index (χ0v) is 17.4. The zero-order valence-electron chi connectivity index (χ0n) is 15.9. The molecule has 0 fully saturated rings. The monoisotopic (exact) mass is 438 g/mol. The summed E-state index contributed by atoms with van der Waals surface area (Å²) in [6.07, 6.45) is 0.297. The normalized spacial score (nSPS) is 12.0. The number of anilines is 1. The minimum Gasteiger partial charge on any atom is -0.449 e. The smallest absolute Gasteiger partial charge is 0.340 e. The highest BCUT2D eigenvalue weighted by Crippen LogP contribution is 2.29. The standard InChI is InChI=1S/C23H16Cl2N2O3/c1-13(22(28)27-21-19(25)11-16(24)12-26-21)30-23(29)20-17-8-4-2-6-14(17)10-15-7-3-5-9-18(15)20/h2-13H,1H3,(H,26,27,28). The highest BCUT2D eigenvalue weighted by atomic mass is 35.5. The Morgan fingerprint density at radius 1 is 0.967 bits per heavy atom. The molecule has 150 valence electrons. The number of carbonyl (C=O) groups is 2. The maximum Gasteiger partial charge on any atom is 0.340 e. The predicted molar refractivity (Wildman–Crippen MR) is 119 cm³/mol. The third-order valence-corrected chi connectivity index (χ3v) is 5.17. The molecule has 7 heteroatoms. The van der Waals surface area contributed by atoms with E-state index in [2.05, 4.69) is 10.3 Å². The van der Waals surface area contributed by atoms with Crippen LogP contribution >= 0.6 is 23.2 Å². The van der Waals surface area contributed by atoms with Crippen LogP contribution in [0.1, 0.15) is 17.3 Å². The van der Waals surface area contributed by atoms with Gasteiger partial charge < -0.3 is 10.1 Å². The zero-order chi connectivity index (χ0) is 21.3. The van der Waals surface area contributed by atoms with Gasteiger partial charge in [0.25, 0.3) is 5.91 Å².